The van der Waals surface area contributed by atoms with Gasteiger partial charge in [0, 0.05) is 11.9 Å². The summed E-state index contributed by atoms with van der Waals surface area (Å²) < 4.78 is 0. The molecule has 1 rings (SSSR count). The number of hydrogen-bond donors (Lipinski definition) is 4. The van der Waals surface area contributed by atoms with E-state index in [2.05, 4.69) is 5.10 Å². The molecule has 0 aliphatic heterocycles. The number of rotatable bonds is 4. The van der Waals surface area contributed by atoms with Crippen molar-refractivity contribution in [1.29, 1.82) is 0 Å². The van der Waals surface area contributed by atoms with Crippen LogP contribution in [0, 0.1) is 0 Å². The summed E-state index contributed by atoms with van der Waals surface area (Å²) in [5, 5.41) is 23.0. The predicted molar refractivity (Wildman–Crippen MR) is 54.0 cm³/mol. The van der Waals surface area contributed by atoms with Crippen LogP contribution in [0.1, 0.15) is 18.1 Å². The van der Waals surface area contributed by atoms with Crippen LogP contribution in [-0.2, 0) is 0 Å². The fourth-order valence-corrected chi connectivity index (χ4v) is 1.35. The second-order valence-corrected chi connectivity index (χ2v) is 3.41. The highest BCUT2D eigenvalue weighted by atomic mass is 35.5. The second kappa shape index (κ2) is 5.11. The van der Waals surface area contributed by atoms with E-state index in [0.717, 1.165) is 6.07 Å². The highest BCUT2D eigenvalue weighted by molar-refractivity contribution is 6.17. The van der Waals surface area contributed by atoms with Crippen LogP contribution in [0.15, 0.2) is 15.7 Å². The number of aliphatic hydroxyl groups is 2. The number of aromatic nitrogens is 2. The Kier molecular flexibility index (Phi) is 4.07. The van der Waals surface area contributed by atoms with Crippen molar-refractivity contribution in [3.05, 3.63) is 32.3 Å². The van der Waals surface area contributed by atoms with E-state index in [4.69, 9.17) is 11.6 Å². The molecule has 0 aliphatic rings. The van der Waals surface area contributed by atoms with Crippen molar-refractivity contribution in [2.75, 3.05) is 5.88 Å². The van der Waals surface area contributed by atoms with Crippen LogP contribution in [-0.4, -0.2) is 32.4 Å². The Balaban J connectivity index is 3.00. The van der Waals surface area contributed by atoms with Crippen LogP contribution in [0.25, 0.3) is 0 Å². The molecule has 7 heteroatoms. The molecule has 0 saturated heterocycles. The Bertz CT molecular complexity index is 427. The summed E-state index contributed by atoms with van der Waals surface area (Å²) in [4.78, 5) is 22.1. The maximum atomic E-state index is 11.2. The van der Waals surface area contributed by atoms with Crippen LogP contribution in [0.4, 0.5) is 0 Å². The number of hydrogen-bond acceptors (Lipinski definition) is 4. The van der Waals surface area contributed by atoms with Gasteiger partial charge in [0.15, 0.2) is 0 Å². The normalized spacial score (nSPS) is 14.9. The van der Waals surface area contributed by atoms with Crippen molar-refractivity contribution in [2.45, 2.75) is 18.6 Å². The molecular formula is C8H11ClN2O4. The Morgan fingerprint density at radius 2 is 2.00 bits per heavy atom. The third-order valence-corrected chi connectivity index (χ3v) is 2.15. The van der Waals surface area contributed by atoms with Gasteiger partial charge in [-0.15, -0.1) is 11.6 Å². The molecule has 0 bridgehead atoms. The highest BCUT2D eigenvalue weighted by Crippen LogP contribution is 2.14. The Morgan fingerprint density at radius 1 is 1.33 bits per heavy atom. The van der Waals surface area contributed by atoms with Gasteiger partial charge in [-0.1, -0.05) is 0 Å². The van der Waals surface area contributed by atoms with Crippen LogP contribution in [0.2, 0.25) is 0 Å². The minimum atomic E-state index is -1.41. The molecule has 0 aromatic carbocycles. The van der Waals surface area contributed by atoms with E-state index in [1.54, 1.807) is 0 Å². The quantitative estimate of drug-likeness (QED) is 0.506. The molecule has 0 spiro atoms. The number of nitrogens with one attached hydrogen (secondary N) is 2. The molecule has 1 aromatic heterocycles. The van der Waals surface area contributed by atoms with E-state index >= 15 is 0 Å². The zero-order chi connectivity index (χ0) is 11.4. The van der Waals surface area contributed by atoms with E-state index in [1.807, 2.05) is 5.10 Å². The standard InChI is InChI=1S/C8H11ClN2O4/c9-2-1-5(12)7(14)4-3-6(13)10-11-8(4)15/h3,5,7,12,14H,1-2H2,(H,10,13)(H,11,15). The van der Waals surface area contributed by atoms with Crippen LogP contribution >= 0.6 is 11.6 Å². The zero-order valence-electron chi connectivity index (χ0n) is 7.74. The summed E-state index contributed by atoms with van der Waals surface area (Å²) in [5.74, 6) is 0.152. The van der Waals surface area contributed by atoms with E-state index in [1.165, 1.54) is 0 Å². The lowest BCUT2D eigenvalue weighted by molar-refractivity contribution is 0.0160. The van der Waals surface area contributed by atoms with Crippen LogP contribution in [0.5, 0.6) is 0 Å². The lowest BCUT2D eigenvalue weighted by Gasteiger charge is -2.15. The minimum absolute atomic E-state index is 0.134. The molecule has 0 radical (unpaired) electrons. The molecule has 1 aromatic rings. The number of H-pyrrole nitrogens is 2. The first-order valence-corrected chi connectivity index (χ1v) is 4.83. The zero-order valence-corrected chi connectivity index (χ0v) is 8.49. The predicted octanol–water partition coefficient (Wildman–Crippen LogP) is -0.914. The van der Waals surface area contributed by atoms with Gasteiger partial charge in [-0.3, -0.25) is 19.8 Å². The third-order valence-electron chi connectivity index (χ3n) is 1.94. The monoisotopic (exact) mass is 234 g/mol. The minimum Gasteiger partial charge on any atom is -0.390 e. The molecule has 0 fully saturated rings. The highest BCUT2D eigenvalue weighted by Gasteiger charge is 2.20. The molecule has 0 amide bonds. The van der Waals surface area contributed by atoms with Gasteiger partial charge >= 0.3 is 0 Å². The smallest absolute Gasteiger partial charge is 0.268 e. The molecular weight excluding hydrogens is 224 g/mol. The Labute approximate surface area is 89.5 Å². The van der Waals surface area contributed by atoms with Gasteiger partial charge in [-0.05, 0) is 6.42 Å². The number of aromatic amines is 2. The third kappa shape index (κ3) is 2.92. The Hall–Kier alpha value is -1.11. The van der Waals surface area contributed by atoms with E-state index in [-0.39, 0.29) is 17.9 Å². The lowest BCUT2D eigenvalue weighted by Crippen LogP contribution is -2.29. The Morgan fingerprint density at radius 3 is 2.60 bits per heavy atom. The van der Waals surface area contributed by atoms with Crippen molar-refractivity contribution in [3.8, 4) is 0 Å². The molecule has 84 valence electrons. The van der Waals surface area contributed by atoms with E-state index < -0.39 is 23.3 Å². The van der Waals surface area contributed by atoms with Gasteiger partial charge in [0.2, 0.25) is 0 Å². The van der Waals surface area contributed by atoms with Gasteiger partial charge < -0.3 is 10.2 Å². The topological polar surface area (TPSA) is 106 Å². The number of aliphatic hydroxyl groups excluding tert-OH is 2. The fourth-order valence-electron chi connectivity index (χ4n) is 1.13. The van der Waals surface area contributed by atoms with E-state index in [9.17, 15) is 19.8 Å². The number of alkyl halides is 1. The molecule has 2 unspecified atom stereocenters. The second-order valence-electron chi connectivity index (χ2n) is 3.03. The average molecular weight is 235 g/mol. The maximum Gasteiger partial charge on any atom is 0.268 e. The van der Waals surface area contributed by atoms with Crippen LogP contribution < -0.4 is 11.1 Å². The van der Waals surface area contributed by atoms with Gasteiger partial charge in [-0.2, -0.15) is 0 Å². The van der Waals surface area contributed by atoms with Gasteiger partial charge in [-0.25, -0.2) is 0 Å². The molecule has 1 heterocycles. The molecule has 0 saturated carbocycles. The van der Waals surface area contributed by atoms with E-state index in [0.29, 0.717) is 0 Å². The molecule has 2 atom stereocenters. The summed E-state index contributed by atoms with van der Waals surface area (Å²) in [6.45, 7) is 0. The largest absolute Gasteiger partial charge is 0.390 e. The SMILES string of the molecule is O=c1cc(C(O)C(O)CCCl)c(=O)[nH][nH]1. The molecule has 6 nitrogen and oxygen atoms in total. The fraction of sp³-hybridized carbons (Fsp3) is 0.500. The van der Waals surface area contributed by atoms with Gasteiger partial charge in [0.1, 0.15) is 6.10 Å². The maximum absolute atomic E-state index is 11.2. The van der Waals surface area contributed by atoms with Crippen molar-refractivity contribution >= 4 is 11.6 Å². The van der Waals surface area contributed by atoms with Crippen LogP contribution in [0.3, 0.4) is 0 Å². The first kappa shape index (κ1) is 12.0. The summed E-state index contributed by atoms with van der Waals surface area (Å²) in [6, 6.07) is 0.945. The number of halogens is 1. The van der Waals surface area contributed by atoms with Crippen molar-refractivity contribution in [2.24, 2.45) is 0 Å². The summed E-state index contributed by atoms with van der Waals surface area (Å²) in [6.07, 6.45) is -2.44. The average Bonchev–Trinajstić information content (AvgIpc) is 2.21. The van der Waals surface area contributed by atoms with Gasteiger partial charge in [0.25, 0.3) is 11.1 Å². The lowest BCUT2D eigenvalue weighted by atomic mass is 10.1. The summed E-state index contributed by atoms with van der Waals surface area (Å²) in [7, 11) is 0. The molecule has 0 aliphatic carbocycles. The summed E-state index contributed by atoms with van der Waals surface area (Å²) >= 11 is 5.37. The van der Waals surface area contributed by atoms with Gasteiger partial charge in [0.05, 0.1) is 11.7 Å². The first-order chi connectivity index (χ1) is 7.06. The molecule has 15 heavy (non-hydrogen) atoms. The molecule has 4 N–H and O–H groups in total. The van der Waals surface area contributed by atoms with Crippen molar-refractivity contribution < 1.29 is 10.2 Å². The summed E-state index contributed by atoms with van der Waals surface area (Å²) in [5.41, 5.74) is -1.37. The van der Waals surface area contributed by atoms with Crippen molar-refractivity contribution in [1.82, 2.24) is 10.2 Å². The first-order valence-electron chi connectivity index (χ1n) is 4.30. The van der Waals surface area contributed by atoms with Crippen molar-refractivity contribution in [3.63, 3.8) is 0 Å².